The number of hydrogen-bond donors (Lipinski definition) is 0. The molecule has 0 aromatic heterocycles. The van der Waals surface area contributed by atoms with Crippen LogP contribution in [0.15, 0.2) is 47.1 Å². The first kappa shape index (κ1) is 20.4. The van der Waals surface area contributed by atoms with Gasteiger partial charge in [-0.15, -0.1) is 0 Å². The molecule has 0 N–H and O–H groups in total. The maximum atomic E-state index is 10.6. The van der Waals surface area contributed by atoms with Gasteiger partial charge < -0.3 is 4.74 Å². The lowest BCUT2D eigenvalue weighted by molar-refractivity contribution is -0.139. The Bertz CT molecular complexity index is 433. The van der Waals surface area contributed by atoms with E-state index in [1.54, 1.807) is 0 Å². The first-order valence-electron chi connectivity index (χ1n) is 8.14. The summed E-state index contributed by atoms with van der Waals surface area (Å²) in [5.41, 5.74) is 4.28. The van der Waals surface area contributed by atoms with Crippen LogP contribution in [-0.2, 0) is 9.53 Å². The zero-order valence-electron chi connectivity index (χ0n) is 14.9. The van der Waals surface area contributed by atoms with Crippen LogP contribution >= 0.6 is 0 Å². The van der Waals surface area contributed by atoms with Crippen molar-refractivity contribution in [3.63, 3.8) is 0 Å². The number of ether oxygens (including phenoxy) is 1. The van der Waals surface area contributed by atoms with Crippen LogP contribution in [0, 0.1) is 0 Å². The Morgan fingerprint density at radius 2 is 1.41 bits per heavy atom. The average molecular weight is 304 g/mol. The van der Waals surface area contributed by atoms with Crippen LogP contribution < -0.4 is 0 Å². The Balaban J connectivity index is 3.87. The van der Waals surface area contributed by atoms with E-state index in [0.717, 1.165) is 32.1 Å². The largest absolute Gasteiger partial charge is 0.462 e. The fourth-order valence-corrected chi connectivity index (χ4v) is 1.94. The summed E-state index contributed by atoms with van der Waals surface area (Å²) in [6.45, 7) is 10.5. The Hall–Kier alpha value is -1.57. The molecule has 0 aliphatic carbocycles. The summed E-state index contributed by atoms with van der Waals surface area (Å²) in [6, 6.07) is 0. The van der Waals surface area contributed by atoms with E-state index >= 15 is 0 Å². The summed E-state index contributed by atoms with van der Waals surface area (Å²) >= 11 is 0. The summed E-state index contributed by atoms with van der Waals surface area (Å²) in [5, 5.41) is 0. The first-order valence-corrected chi connectivity index (χ1v) is 8.14. The first-order chi connectivity index (χ1) is 10.4. The molecule has 0 heterocycles. The smallest absolute Gasteiger partial charge is 0.302 e. The van der Waals surface area contributed by atoms with E-state index in [1.807, 2.05) is 12.2 Å². The van der Waals surface area contributed by atoms with E-state index in [-0.39, 0.29) is 5.97 Å². The van der Waals surface area contributed by atoms with Gasteiger partial charge in [0.15, 0.2) is 0 Å². The van der Waals surface area contributed by atoms with E-state index in [0.29, 0.717) is 6.61 Å². The van der Waals surface area contributed by atoms with Crippen LogP contribution in [0.3, 0.4) is 0 Å². The highest BCUT2D eigenvalue weighted by atomic mass is 16.5. The molecule has 0 saturated carbocycles. The van der Waals surface area contributed by atoms with Crippen LogP contribution in [0.1, 0.15) is 66.7 Å². The van der Waals surface area contributed by atoms with Crippen molar-refractivity contribution in [2.45, 2.75) is 66.7 Å². The SMILES string of the molecule is CC(=O)OCC=CC/C=C(\C)CC/C=C(\C)CCC=C(C)C. The lowest BCUT2D eigenvalue weighted by Gasteiger charge is -2.01. The van der Waals surface area contributed by atoms with Crippen molar-refractivity contribution in [2.75, 3.05) is 6.61 Å². The van der Waals surface area contributed by atoms with Gasteiger partial charge in [0.25, 0.3) is 0 Å². The van der Waals surface area contributed by atoms with Crippen LogP contribution in [0.2, 0.25) is 0 Å². The zero-order chi connectivity index (χ0) is 16.8. The summed E-state index contributed by atoms with van der Waals surface area (Å²) < 4.78 is 4.83. The topological polar surface area (TPSA) is 26.3 Å². The highest BCUT2D eigenvalue weighted by Crippen LogP contribution is 2.11. The van der Waals surface area contributed by atoms with Gasteiger partial charge in [-0.1, -0.05) is 47.1 Å². The number of carbonyl (C=O) groups is 1. The predicted octanol–water partition coefficient (Wildman–Crippen LogP) is 5.92. The Kier molecular flexibility index (Phi) is 12.2. The minimum atomic E-state index is -0.233. The highest BCUT2D eigenvalue weighted by Gasteiger charge is 1.92. The van der Waals surface area contributed by atoms with Gasteiger partial charge >= 0.3 is 5.97 Å². The zero-order valence-corrected chi connectivity index (χ0v) is 14.9. The summed E-state index contributed by atoms with van der Waals surface area (Å²) in [5.74, 6) is -0.233. The van der Waals surface area contributed by atoms with E-state index < -0.39 is 0 Å². The maximum Gasteiger partial charge on any atom is 0.302 e. The molecule has 0 bridgehead atoms. The molecule has 0 unspecified atom stereocenters. The molecule has 0 spiro atoms. The highest BCUT2D eigenvalue weighted by molar-refractivity contribution is 5.65. The Morgan fingerprint density at radius 3 is 2.00 bits per heavy atom. The van der Waals surface area contributed by atoms with Gasteiger partial charge in [0.1, 0.15) is 6.61 Å². The number of rotatable bonds is 10. The van der Waals surface area contributed by atoms with Crippen molar-refractivity contribution in [2.24, 2.45) is 0 Å². The van der Waals surface area contributed by atoms with Crippen molar-refractivity contribution in [1.82, 2.24) is 0 Å². The molecule has 0 saturated heterocycles. The van der Waals surface area contributed by atoms with Gasteiger partial charge in [-0.2, -0.15) is 0 Å². The van der Waals surface area contributed by atoms with Crippen molar-refractivity contribution in [3.05, 3.63) is 47.1 Å². The van der Waals surface area contributed by atoms with Gasteiger partial charge in [-0.25, -0.2) is 0 Å². The molecular formula is C20H32O2. The lowest BCUT2D eigenvalue weighted by Crippen LogP contribution is -1.97. The predicted molar refractivity (Wildman–Crippen MR) is 95.8 cm³/mol. The van der Waals surface area contributed by atoms with Gasteiger partial charge in [0, 0.05) is 6.92 Å². The van der Waals surface area contributed by atoms with Crippen molar-refractivity contribution in [1.29, 1.82) is 0 Å². The second kappa shape index (κ2) is 13.1. The second-order valence-electron chi connectivity index (χ2n) is 5.97. The number of esters is 1. The molecule has 0 aromatic carbocycles. The van der Waals surface area contributed by atoms with Crippen LogP contribution in [0.25, 0.3) is 0 Å². The quantitative estimate of drug-likeness (QED) is 0.370. The minimum Gasteiger partial charge on any atom is -0.462 e. The number of hydrogen-bond acceptors (Lipinski definition) is 2. The average Bonchev–Trinajstić information content (AvgIpc) is 2.42. The molecule has 0 rings (SSSR count). The van der Waals surface area contributed by atoms with Crippen molar-refractivity contribution < 1.29 is 9.53 Å². The number of carbonyl (C=O) groups excluding carboxylic acids is 1. The van der Waals surface area contributed by atoms with Gasteiger partial charge in [0.05, 0.1) is 0 Å². The second-order valence-corrected chi connectivity index (χ2v) is 5.97. The third-order valence-electron chi connectivity index (χ3n) is 3.27. The molecule has 0 aromatic rings. The summed E-state index contributed by atoms with van der Waals surface area (Å²) in [6.07, 6.45) is 16.2. The van der Waals surface area contributed by atoms with Gasteiger partial charge in [-0.05, 0) is 59.8 Å². The molecule has 22 heavy (non-hydrogen) atoms. The van der Waals surface area contributed by atoms with Gasteiger partial charge in [0.2, 0.25) is 0 Å². The standard InChI is InChI=1S/C20H32O2/c1-17(2)11-9-13-19(4)15-10-14-18(3)12-7-6-8-16-22-20(5)21/h6,8,11-12,15H,7,9-10,13-14,16H2,1-5H3/b8-6?,18-12+,19-15+. The minimum absolute atomic E-state index is 0.233. The Labute approximate surface area is 136 Å². The van der Waals surface area contributed by atoms with E-state index in [4.69, 9.17) is 4.74 Å². The fraction of sp³-hybridized carbons (Fsp3) is 0.550. The van der Waals surface area contributed by atoms with Crippen molar-refractivity contribution >= 4 is 5.97 Å². The monoisotopic (exact) mass is 304 g/mol. The summed E-state index contributed by atoms with van der Waals surface area (Å²) in [7, 11) is 0. The van der Waals surface area contributed by atoms with E-state index in [9.17, 15) is 4.79 Å². The van der Waals surface area contributed by atoms with Crippen LogP contribution in [0.5, 0.6) is 0 Å². The molecule has 0 fully saturated rings. The Morgan fingerprint density at radius 1 is 0.818 bits per heavy atom. The molecule has 2 nitrogen and oxygen atoms in total. The number of allylic oxidation sites excluding steroid dienone is 7. The molecule has 2 heteroatoms. The molecule has 0 amide bonds. The van der Waals surface area contributed by atoms with E-state index in [1.165, 1.54) is 23.6 Å². The normalized spacial score (nSPS) is 12.6. The molecule has 0 radical (unpaired) electrons. The van der Waals surface area contributed by atoms with E-state index in [2.05, 4.69) is 45.9 Å². The molecule has 124 valence electrons. The molecular weight excluding hydrogens is 272 g/mol. The third kappa shape index (κ3) is 14.8. The van der Waals surface area contributed by atoms with Crippen LogP contribution in [0.4, 0.5) is 0 Å². The molecule has 0 aliphatic rings. The van der Waals surface area contributed by atoms with Crippen LogP contribution in [-0.4, -0.2) is 12.6 Å². The third-order valence-corrected chi connectivity index (χ3v) is 3.27. The molecule has 0 aliphatic heterocycles. The lowest BCUT2D eigenvalue weighted by atomic mass is 10.1. The summed E-state index contributed by atoms with van der Waals surface area (Å²) in [4.78, 5) is 10.6. The fourth-order valence-electron chi connectivity index (χ4n) is 1.94. The van der Waals surface area contributed by atoms with Gasteiger partial charge in [-0.3, -0.25) is 4.79 Å². The maximum absolute atomic E-state index is 10.6. The van der Waals surface area contributed by atoms with Crippen molar-refractivity contribution in [3.8, 4) is 0 Å². The molecule has 0 atom stereocenters.